The lowest BCUT2D eigenvalue weighted by atomic mass is 9.83. The summed E-state index contributed by atoms with van der Waals surface area (Å²) in [6.07, 6.45) is 6.80. The summed E-state index contributed by atoms with van der Waals surface area (Å²) in [4.78, 5) is 29.9. The molecule has 2 aliphatic rings. The number of aromatic nitrogens is 2. The van der Waals surface area contributed by atoms with Crippen molar-refractivity contribution < 1.29 is 9.59 Å². The van der Waals surface area contributed by atoms with E-state index >= 15 is 0 Å². The van der Waals surface area contributed by atoms with Gasteiger partial charge in [-0.1, -0.05) is 30.3 Å². The molecule has 0 unspecified atom stereocenters. The first-order chi connectivity index (χ1) is 15.7. The smallest absolute Gasteiger partial charge is 0.253 e. The lowest BCUT2D eigenvalue weighted by molar-refractivity contribution is -0.140. The average Bonchev–Trinajstić information content (AvgIpc) is 3.38. The molecule has 0 N–H and O–H groups in total. The van der Waals surface area contributed by atoms with Gasteiger partial charge in [0.15, 0.2) is 0 Å². The molecule has 1 aromatic heterocycles. The van der Waals surface area contributed by atoms with E-state index in [9.17, 15) is 9.59 Å². The quantitative estimate of drug-likeness (QED) is 0.624. The van der Waals surface area contributed by atoms with Crippen molar-refractivity contribution in [1.29, 1.82) is 0 Å². The van der Waals surface area contributed by atoms with Crippen LogP contribution >= 0.6 is 0 Å². The van der Waals surface area contributed by atoms with Crippen LogP contribution in [0, 0.1) is 5.92 Å². The van der Waals surface area contributed by atoms with Crippen molar-refractivity contribution in [1.82, 2.24) is 19.6 Å². The summed E-state index contributed by atoms with van der Waals surface area (Å²) >= 11 is 0. The molecule has 2 fully saturated rings. The molecule has 5 rings (SSSR count). The number of benzene rings is 2. The number of hydrogen-bond acceptors (Lipinski definition) is 3. The average molecular weight is 429 g/mol. The predicted octanol–water partition coefficient (Wildman–Crippen LogP) is 3.57. The van der Waals surface area contributed by atoms with Crippen molar-refractivity contribution in [3.63, 3.8) is 0 Å². The van der Waals surface area contributed by atoms with Gasteiger partial charge in [-0.2, -0.15) is 5.10 Å². The molecular weight excluding hydrogens is 400 g/mol. The molecule has 0 spiro atoms. The highest BCUT2D eigenvalue weighted by molar-refractivity contribution is 5.94. The van der Waals surface area contributed by atoms with E-state index < -0.39 is 0 Å². The van der Waals surface area contributed by atoms with Crippen LogP contribution in [0.15, 0.2) is 73.1 Å². The van der Waals surface area contributed by atoms with Crippen molar-refractivity contribution in [2.24, 2.45) is 5.92 Å². The zero-order valence-electron chi connectivity index (χ0n) is 18.1. The fourth-order valence-electron chi connectivity index (χ4n) is 5.08. The molecule has 3 heterocycles. The summed E-state index contributed by atoms with van der Waals surface area (Å²) < 4.78 is 1.78. The summed E-state index contributed by atoms with van der Waals surface area (Å²) in [5, 5.41) is 4.23. The molecule has 0 bridgehead atoms. The predicted molar refractivity (Wildman–Crippen MR) is 122 cm³/mol. The molecule has 0 saturated carbocycles. The Kier molecular flexibility index (Phi) is 5.75. The number of likely N-dealkylation sites (tertiary alicyclic amines) is 2. The van der Waals surface area contributed by atoms with E-state index in [4.69, 9.17) is 0 Å². The second-order valence-electron chi connectivity index (χ2n) is 8.73. The summed E-state index contributed by atoms with van der Waals surface area (Å²) in [6, 6.07) is 20.1. The Bertz CT molecular complexity index is 1060. The molecule has 2 saturated heterocycles. The maximum atomic E-state index is 13.2. The molecule has 164 valence electrons. The van der Waals surface area contributed by atoms with Crippen molar-refractivity contribution in [3.05, 3.63) is 84.2 Å². The SMILES string of the molecule is O=C(c1ccc(-n2cccn2)cc1)N1CC[C@H]2[C@H](CCC(=O)N2CCc2ccccc2)C1. The second kappa shape index (κ2) is 8.99. The van der Waals surface area contributed by atoms with Crippen molar-refractivity contribution in [2.45, 2.75) is 31.7 Å². The largest absolute Gasteiger partial charge is 0.339 e. The van der Waals surface area contributed by atoms with Crippen LogP contribution in [0.2, 0.25) is 0 Å². The fourth-order valence-corrected chi connectivity index (χ4v) is 5.08. The normalized spacial score (nSPS) is 20.8. The van der Waals surface area contributed by atoms with Crippen LogP contribution < -0.4 is 0 Å². The first-order valence-corrected chi connectivity index (χ1v) is 11.4. The summed E-state index contributed by atoms with van der Waals surface area (Å²) in [5.74, 6) is 0.684. The van der Waals surface area contributed by atoms with E-state index in [0.717, 1.165) is 38.0 Å². The van der Waals surface area contributed by atoms with Gasteiger partial charge in [0, 0.05) is 50.1 Å². The Balaban J connectivity index is 1.23. The number of hydrogen-bond donors (Lipinski definition) is 0. The highest BCUT2D eigenvalue weighted by atomic mass is 16.2. The Labute approximate surface area is 188 Å². The van der Waals surface area contributed by atoms with E-state index in [1.807, 2.05) is 59.6 Å². The third-order valence-corrected chi connectivity index (χ3v) is 6.80. The van der Waals surface area contributed by atoms with E-state index in [0.29, 0.717) is 24.4 Å². The molecule has 2 aliphatic heterocycles. The van der Waals surface area contributed by atoms with Crippen LogP contribution in [0.5, 0.6) is 0 Å². The van der Waals surface area contributed by atoms with Crippen LogP contribution in [0.1, 0.15) is 35.2 Å². The Morgan fingerprint density at radius 1 is 1.00 bits per heavy atom. The number of nitrogens with zero attached hydrogens (tertiary/aromatic N) is 4. The third kappa shape index (κ3) is 4.17. The number of rotatable bonds is 5. The van der Waals surface area contributed by atoms with Gasteiger partial charge in [-0.3, -0.25) is 9.59 Å². The molecule has 2 aromatic carbocycles. The number of carbonyl (C=O) groups excluding carboxylic acids is 2. The molecule has 3 aromatic rings. The number of fused-ring (bicyclic) bond motifs is 1. The van der Waals surface area contributed by atoms with Gasteiger partial charge in [0.05, 0.1) is 5.69 Å². The fraction of sp³-hybridized carbons (Fsp3) is 0.346. The number of piperidine rings is 2. The van der Waals surface area contributed by atoms with Crippen LogP contribution in [-0.2, 0) is 11.2 Å². The minimum Gasteiger partial charge on any atom is -0.339 e. The molecule has 0 aliphatic carbocycles. The maximum Gasteiger partial charge on any atom is 0.253 e. The molecule has 2 amide bonds. The molecular formula is C26H28N4O2. The van der Waals surface area contributed by atoms with E-state index in [-0.39, 0.29) is 17.9 Å². The molecule has 2 atom stereocenters. The molecule has 6 heteroatoms. The van der Waals surface area contributed by atoms with Crippen LogP contribution in [0.3, 0.4) is 0 Å². The van der Waals surface area contributed by atoms with Gasteiger partial charge in [-0.15, -0.1) is 0 Å². The van der Waals surface area contributed by atoms with E-state index in [2.05, 4.69) is 22.1 Å². The Morgan fingerprint density at radius 2 is 1.81 bits per heavy atom. The monoisotopic (exact) mass is 428 g/mol. The lowest BCUT2D eigenvalue weighted by Gasteiger charge is -2.47. The number of carbonyl (C=O) groups is 2. The highest BCUT2D eigenvalue weighted by Crippen LogP contribution is 2.32. The zero-order valence-corrected chi connectivity index (χ0v) is 18.1. The van der Waals surface area contributed by atoms with Crippen molar-refractivity contribution >= 4 is 11.8 Å². The Hall–Kier alpha value is -3.41. The first-order valence-electron chi connectivity index (χ1n) is 11.4. The van der Waals surface area contributed by atoms with Gasteiger partial charge in [0.25, 0.3) is 5.91 Å². The molecule has 32 heavy (non-hydrogen) atoms. The summed E-state index contributed by atoms with van der Waals surface area (Å²) in [5.41, 5.74) is 2.89. The number of amides is 2. The van der Waals surface area contributed by atoms with Gasteiger partial charge in [0.2, 0.25) is 5.91 Å². The van der Waals surface area contributed by atoms with Gasteiger partial charge in [0.1, 0.15) is 0 Å². The Morgan fingerprint density at radius 3 is 2.56 bits per heavy atom. The van der Waals surface area contributed by atoms with Crippen LogP contribution in [0.25, 0.3) is 5.69 Å². The highest BCUT2D eigenvalue weighted by Gasteiger charge is 2.40. The van der Waals surface area contributed by atoms with Gasteiger partial charge < -0.3 is 9.80 Å². The van der Waals surface area contributed by atoms with Crippen LogP contribution in [0.4, 0.5) is 0 Å². The van der Waals surface area contributed by atoms with E-state index in [1.165, 1.54) is 5.56 Å². The van der Waals surface area contributed by atoms with Gasteiger partial charge in [-0.25, -0.2) is 4.68 Å². The van der Waals surface area contributed by atoms with E-state index in [1.54, 1.807) is 10.9 Å². The topological polar surface area (TPSA) is 58.4 Å². The summed E-state index contributed by atoms with van der Waals surface area (Å²) in [7, 11) is 0. The van der Waals surface area contributed by atoms with Gasteiger partial charge >= 0.3 is 0 Å². The first kappa shape index (κ1) is 20.5. The minimum absolute atomic E-state index is 0.0724. The minimum atomic E-state index is 0.0724. The maximum absolute atomic E-state index is 13.2. The third-order valence-electron chi connectivity index (χ3n) is 6.80. The lowest BCUT2D eigenvalue weighted by Crippen LogP contribution is -2.57. The van der Waals surface area contributed by atoms with Crippen molar-refractivity contribution in [2.75, 3.05) is 19.6 Å². The summed E-state index contributed by atoms with van der Waals surface area (Å²) in [6.45, 7) is 2.17. The van der Waals surface area contributed by atoms with Crippen molar-refractivity contribution in [3.8, 4) is 5.69 Å². The zero-order chi connectivity index (χ0) is 21.9. The second-order valence-corrected chi connectivity index (χ2v) is 8.73. The van der Waals surface area contributed by atoms with Crippen LogP contribution in [-0.4, -0.2) is 57.1 Å². The molecule has 0 radical (unpaired) electrons. The van der Waals surface area contributed by atoms with Gasteiger partial charge in [-0.05, 0) is 61.1 Å². The molecule has 6 nitrogen and oxygen atoms in total. The standard InChI is InChI=1S/C26H28N4O2/c31-25-12-9-22-19-28(17-14-24(22)29(25)18-13-20-5-2-1-3-6-20)26(32)21-7-10-23(11-8-21)30-16-4-15-27-30/h1-8,10-11,15-16,22,24H,9,12-14,17-19H2/t22-,24+/m1/s1.